The van der Waals surface area contributed by atoms with Gasteiger partial charge in [-0.15, -0.1) is 0 Å². The van der Waals surface area contributed by atoms with E-state index in [1.165, 1.54) is 6.21 Å². The number of esters is 1. The largest absolute Gasteiger partial charge is 0.483 e. The Morgan fingerprint density at radius 2 is 1.67 bits per heavy atom. The third-order valence-corrected chi connectivity index (χ3v) is 4.23. The lowest BCUT2D eigenvalue weighted by Crippen LogP contribution is -2.24. The normalized spacial score (nSPS) is 10.6. The number of benzene rings is 3. The minimum Gasteiger partial charge on any atom is -0.483 e. The Labute approximate surface area is 175 Å². The van der Waals surface area contributed by atoms with Crippen LogP contribution in [-0.2, 0) is 4.79 Å². The number of carbonyl (C=O) groups is 2. The second kappa shape index (κ2) is 10.0. The first-order valence-electron chi connectivity index (χ1n) is 9.41. The maximum Gasteiger partial charge on any atom is 0.343 e. The molecule has 6 nitrogen and oxygen atoms in total. The van der Waals surface area contributed by atoms with Gasteiger partial charge in [0.1, 0.15) is 11.5 Å². The summed E-state index contributed by atoms with van der Waals surface area (Å²) in [6.07, 6.45) is 1.42. The van der Waals surface area contributed by atoms with Gasteiger partial charge in [-0.1, -0.05) is 42.5 Å². The Balaban J connectivity index is 1.57. The number of hydrogen-bond donors (Lipinski definition) is 1. The maximum atomic E-state index is 12.3. The minimum atomic E-state index is -0.470. The number of hydrazone groups is 1. The first kappa shape index (κ1) is 20.8. The molecule has 0 aliphatic carbocycles. The van der Waals surface area contributed by atoms with Gasteiger partial charge in [0.05, 0.1) is 11.8 Å². The van der Waals surface area contributed by atoms with Crippen LogP contribution in [0.2, 0.25) is 0 Å². The summed E-state index contributed by atoms with van der Waals surface area (Å²) in [7, 11) is 0. The van der Waals surface area contributed by atoms with Crippen molar-refractivity contribution in [2.45, 2.75) is 13.8 Å². The quantitative estimate of drug-likeness (QED) is 0.280. The van der Waals surface area contributed by atoms with E-state index in [4.69, 9.17) is 9.47 Å². The fourth-order valence-electron chi connectivity index (χ4n) is 2.63. The molecule has 152 valence electrons. The van der Waals surface area contributed by atoms with Crippen LogP contribution in [0.15, 0.2) is 77.9 Å². The molecule has 3 rings (SSSR count). The van der Waals surface area contributed by atoms with E-state index < -0.39 is 11.9 Å². The highest BCUT2D eigenvalue weighted by molar-refractivity contribution is 5.93. The van der Waals surface area contributed by atoms with Crippen LogP contribution in [0.5, 0.6) is 11.5 Å². The zero-order valence-electron chi connectivity index (χ0n) is 16.8. The molecule has 3 aromatic rings. The maximum absolute atomic E-state index is 12.3. The first-order valence-corrected chi connectivity index (χ1v) is 9.41. The summed E-state index contributed by atoms with van der Waals surface area (Å²) in [5.74, 6) is 0.136. The molecule has 0 fully saturated rings. The van der Waals surface area contributed by atoms with Crippen LogP contribution in [0, 0.1) is 13.8 Å². The molecule has 1 amide bonds. The second-order valence-corrected chi connectivity index (χ2v) is 6.64. The van der Waals surface area contributed by atoms with E-state index in [0.717, 1.165) is 11.1 Å². The van der Waals surface area contributed by atoms with Crippen molar-refractivity contribution in [3.05, 3.63) is 95.1 Å². The van der Waals surface area contributed by atoms with Crippen LogP contribution < -0.4 is 14.9 Å². The van der Waals surface area contributed by atoms with Crippen LogP contribution in [0.25, 0.3) is 0 Å². The summed E-state index contributed by atoms with van der Waals surface area (Å²) in [6, 6.07) is 21.4. The summed E-state index contributed by atoms with van der Waals surface area (Å²) in [4.78, 5) is 24.3. The number of nitrogens with zero attached hydrogens (tertiary/aromatic N) is 1. The number of hydrogen-bond acceptors (Lipinski definition) is 5. The molecule has 0 bridgehead atoms. The second-order valence-electron chi connectivity index (χ2n) is 6.64. The van der Waals surface area contributed by atoms with Crippen molar-refractivity contribution in [3.8, 4) is 11.5 Å². The zero-order chi connectivity index (χ0) is 21.3. The highest BCUT2D eigenvalue weighted by Gasteiger charge is 2.10. The third kappa shape index (κ3) is 5.78. The predicted molar refractivity (Wildman–Crippen MR) is 115 cm³/mol. The predicted octanol–water partition coefficient (Wildman–Crippen LogP) is 4.05. The lowest BCUT2D eigenvalue weighted by atomic mass is 10.1. The topological polar surface area (TPSA) is 77.0 Å². The number of nitrogens with one attached hydrogen (secondary N) is 1. The lowest BCUT2D eigenvalue weighted by molar-refractivity contribution is -0.123. The highest BCUT2D eigenvalue weighted by Crippen LogP contribution is 2.19. The summed E-state index contributed by atoms with van der Waals surface area (Å²) in [5.41, 5.74) is 5.41. The Morgan fingerprint density at radius 1 is 0.933 bits per heavy atom. The molecule has 6 heteroatoms. The summed E-state index contributed by atoms with van der Waals surface area (Å²) >= 11 is 0. The molecular weight excluding hydrogens is 380 g/mol. The Bertz CT molecular complexity index is 1060. The highest BCUT2D eigenvalue weighted by atomic mass is 16.5. The van der Waals surface area contributed by atoms with Gasteiger partial charge in [0.2, 0.25) is 0 Å². The van der Waals surface area contributed by atoms with Gasteiger partial charge in [-0.3, -0.25) is 4.79 Å². The third-order valence-electron chi connectivity index (χ3n) is 4.23. The lowest BCUT2D eigenvalue weighted by Gasteiger charge is -2.09. The minimum absolute atomic E-state index is 0.160. The first-order chi connectivity index (χ1) is 14.5. The number of aryl methyl sites for hydroxylation is 2. The van der Waals surface area contributed by atoms with Gasteiger partial charge in [-0.25, -0.2) is 10.2 Å². The van der Waals surface area contributed by atoms with E-state index in [1.54, 1.807) is 48.5 Å². The van der Waals surface area contributed by atoms with E-state index >= 15 is 0 Å². The smallest absolute Gasteiger partial charge is 0.343 e. The van der Waals surface area contributed by atoms with Gasteiger partial charge in [-0.2, -0.15) is 5.10 Å². The van der Waals surface area contributed by atoms with Crippen LogP contribution in [0.4, 0.5) is 0 Å². The van der Waals surface area contributed by atoms with Crippen molar-refractivity contribution < 1.29 is 19.1 Å². The van der Waals surface area contributed by atoms with E-state index in [1.807, 2.05) is 38.1 Å². The molecule has 0 aliphatic heterocycles. The van der Waals surface area contributed by atoms with Gasteiger partial charge in [0, 0.05) is 5.56 Å². The number of rotatable bonds is 7. The van der Waals surface area contributed by atoms with Gasteiger partial charge in [-0.05, 0) is 55.3 Å². The number of amides is 1. The average Bonchev–Trinajstić information content (AvgIpc) is 2.76. The molecule has 0 aromatic heterocycles. The standard InChI is InChI=1S/C24H22N2O4/c1-17-12-13-18(2)22(14-17)29-16-23(27)26-25-15-20-10-6-7-11-21(20)30-24(28)19-8-4-3-5-9-19/h3-15H,16H2,1-2H3,(H,26,27)/b25-15-. The molecule has 30 heavy (non-hydrogen) atoms. The fourth-order valence-corrected chi connectivity index (χ4v) is 2.63. The summed E-state index contributed by atoms with van der Waals surface area (Å²) in [5, 5.41) is 3.94. The number of para-hydroxylation sites is 1. The van der Waals surface area contributed by atoms with Crippen molar-refractivity contribution in [2.24, 2.45) is 5.10 Å². The van der Waals surface area contributed by atoms with Gasteiger partial charge < -0.3 is 9.47 Å². The molecule has 3 aromatic carbocycles. The van der Waals surface area contributed by atoms with Crippen molar-refractivity contribution in [1.82, 2.24) is 5.43 Å². The van der Waals surface area contributed by atoms with Gasteiger partial charge >= 0.3 is 5.97 Å². The van der Waals surface area contributed by atoms with Crippen molar-refractivity contribution in [3.63, 3.8) is 0 Å². The van der Waals surface area contributed by atoms with Crippen LogP contribution in [-0.4, -0.2) is 24.7 Å². The average molecular weight is 402 g/mol. The Kier molecular flexibility index (Phi) is 6.95. The van der Waals surface area contributed by atoms with E-state index in [2.05, 4.69) is 10.5 Å². The molecule has 0 saturated heterocycles. The van der Waals surface area contributed by atoms with Crippen LogP contribution in [0.1, 0.15) is 27.0 Å². The van der Waals surface area contributed by atoms with E-state index in [9.17, 15) is 9.59 Å². The zero-order valence-corrected chi connectivity index (χ0v) is 16.8. The molecule has 0 atom stereocenters. The van der Waals surface area contributed by atoms with Crippen LogP contribution in [0.3, 0.4) is 0 Å². The summed E-state index contributed by atoms with van der Waals surface area (Å²) < 4.78 is 11.0. The number of ether oxygens (including phenoxy) is 2. The van der Waals surface area contributed by atoms with Gasteiger partial charge in [0.25, 0.3) is 5.91 Å². The van der Waals surface area contributed by atoms with Crippen LogP contribution >= 0.6 is 0 Å². The number of carbonyl (C=O) groups excluding carboxylic acids is 2. The molecule has 0 heterocycles. The van der Waals surface area contributed by atoms with Gasteiger partial charge in [0.15, 0.2) is 6.61 Å². The van der Waals surface area contributed by atoms with E-state index in [-0.39, 0.29) is 6.61 Å². The monoisotopic (exact) mass is 402 g/mol. The molecule has 0 saturated carbocycles. The fraction of sp³-hybridized carbons (Fsp3) is 0.125. The molecular formula is C24H22N2O4. The Hall–Kier alpha value is -3.93. The SMILES string of the molecule is Cc1ccc(C)c(OCC(=O)N/N=C\c2ccccc2OC(=O)c2ccccc2)c1. The van der Waals surface area contributed by atoms with E-state index in [0.29, 0.717) is 22.6 Å². The molecule has 1 N–H and O–H groups in total. The molecule has 0 spiro atoms. The van der Waals surface area contributed by atoms with Crippen molar-refractivity contribution in [1.29, 1.82) is 0 Å². The summed E-state index contributed by atoms with van der Waals surface area (Å²) in [6.45, 7) is 3.71. The molecule has 0 radical (unpaired) electrons. The molecule has 0 unspecified atom stereocenters. The Morgan fingerprint density at radius 3 is 2.47 bits per heavy atom. The molecule has 0 aliphatic rings. The van der Waals surface area contributed by atoms with Crippen molar-refractivity contribution in [2.75, 3.05) is 6.61 Å². The van der Waals surface area contributed by atoms with Crippen molar-refractivity contribution >= 4 is 18.1 Å².